The van der Waals surface area contributed by atoms with E-state index in [9.17, 15) is 13.9 Å². The lowest BCUT2D eigenvalue weighted by atomic mass is 10.2. The maximum Gasteiger partial charge on any atom is 0.190 e. The Bertz CT molecular complexity index is 490. The van der Waals surface area contributed by atoms with E-state index < -0.39 is 23.5 Å². The first-order chi connectivity index (χ1) is 11.0. The summed E-state index contributed by atoms with van der Waals surface area (Å²) in [5.74, 6) is -2.08. The van der Waals surface area contributed by atoms with Crippen molar-refractivity contribution in [3.05, 3.63) is 28.2 Å². The molecule has 1 aromatic rings. The molecule has 0 aliphatic carbocycles. The molecule has 2 N–H and O–H groups in total. The molecule has 1 aliphatic heterocycles. The quantitative estimate of drug-likeness (QED) is 0.724. The molecule has 1 fully saturated rings. The van der Waals surface area contributed by atoms with Crippen LogP contribution in [0.25, 0.3) is 0 Å². The Balaban J connectivity index is 1.77. The van der Waals surface area contributed by atoms with Crippen LogP contribution >= 0.6 is 15.9 Å². The summed E-state index contributed by atoms with van der Waals surface area (Å²) in [6.45, 7) is 4.20. The summed E-state index contributed by atoms with van der Waals surface area (Å²) in [7, 11) is 0. The van der Waals surface area contributed by atoms with Gasteiger partial charge < -0.3 is 14.9 Å². The lowest BCUT2D eigenvalue weighted by Gasteiger charge is -2.35. The van der Waals surface area contributed by atoms with Crippen LogP contribution < -0.4 is 4.74 Å². The Labute approximate surface area is 142 Å². The molecule has 1 aliphatic rings. The largest absolute Gasteiger partial charge is 0.485 e. The summed E-state index contributed by atoms with van der Waals surface area (Å²) in [4.78, 5) is 4.21. The fraction of sp³-hybridized carbons (Fsp3) is 0.600. The zero-order valence-corrected chi connectivity index (χ0v) is 14.3. The van der Waals surface area contributed by atoms with Gasteiger partial charge in [0.05, 0.1) is 6.61 Å². The zero-order valence-electron chi connectivity index (χ0n) is 12.7. The van der Waals surface area contributed by atoms with Crippen LogP contribution in [0.15, 0.2) is 16.6 Å². The monoisotopic (exact) mass is 394 g/mol. The second-order valence-corrected chi connectivity index (χ2v) is 6.44. The zero-order chi connectivity index (χ0) is 16.8. The maximum absolute atomic E-state index is 13.6. The van der Waals surface area contributed by atoms with Gasteiger partial charge in [0.25, 0.3) is 0 Å². The summed E-state index contributed by atoms with van der Waals surface area (Å²) < 4.78 is 32.6. The van der Waals surface area contributed by atoms with Crippen molar-refractivity contribution in [2.24, 2.45) is 0 Å². The van der Waals surface area contributed by atoms with Crippen LogP contribution in [0.2, 0.25) is 0 Å². The number of hydrogen-bond donors (Lipinski definition) is 2. The molecule has 2 rings (SSSR count). The number of aliphatic hydroxyl groups is 2. The Morgan fingerprint density at radius 3 is 2.26 bits per heavy atom. The number of benzene rings is 1. The Morgan fingerprint density at radius 1 is 1.13 bits per heavy atom. The van der Waals surface area contributed by atoms with E-state index in [1.54, 1.807) is 0 Å². The number of piperazine rings is 1. The molecular weight excluding hydrogens is 374 g/mol. The van der Waals surface area contributed by atoms with E-state index >= 15 is 0 Å². The van der Waals surface area contributed by atoms with Gasteiger partial charge in [0.15, 0.2) is 17.4 Å². The highest BCUT2D eigenvalue weighted by atomic mass is 79.9. The topological polar surface area (TPSA) is 56.2 Å². The van der Waals surface area contributed by atoms with Gasteiger partial charge in [-0.25, -0.2) is 8.78 Å². The van der Waals surface area contributed by atoms with Crippen LogP contribution in [0.4, 0.5) is 8.78 Å². The van der Waals surface area contributed by atoms with Crippen molar-refractivity contribution in [3.63, 3.8) is 0 Å². The van der Waals surface area contributed by atoms with Gasteiger partial charge in [0.1, 0.15) is 12.7 Å². The average Bonchev–Trinajstić information content (AvgIpc) is 2.48. The van der Waals surface area contributed by atoms with Gasteiger partial charge in [-0.1, -0.05) is 15.9 Å². The molecule has 0 bridgehead atoms. The molecule has 8 heteroatoms. The molecule has 1 heterocycles. The normalized spacial score (nSPS) is 18.1. The third-order valence-electron chi connectivity index (χ3n) is 3.73. The summed E-state index contributed by atoms with van der Waals surface area (Å²) in [5, 5.41) is 18.9. The minimum absolute atomic E-state index is 0.140. The van der Waals surface area contributed by atoms with Crippen molar-refractivity contribution < 1.29 is 23.7 Å². The minimum atomic E-state index is -0.832. The Morgan fingerprint density at radius 2 is 1.70 bits per heavy atom. The van der Waals surface area contributed by atoms with Crippen LogP contribution in [0.3, 0.4) is 0 Å². The maximum atomic E-state index is 13.6. The molecule has 1 atom stereocenters. The summed E-state index contributed by atoms with van der Waals surface area (Å²) >= 11 is 3.00. The smallest absolute Gasteiger partial charge is 0.190 e. The van der Waals surface area contributed by atoms with Crippen molar-refractivity contribution in [1.29, 1.82) is 0 Å². The van der Waals surface area contributed by atoms with Crippen LogP contribution in [0.5, 0.6) is 5.75 Å². The summed E-state index contributed by atoms with van der Waals surface area (Å²) in [5.41, 5.74) is 0. The number of hydrogen-bond acceptors (Lipinski definition) is 5. The highest BCUT2D eigenvalue weighted by molar-refractivity contribution is 9.10. The molecule has 1 unspecified atom stereocenters. The van der Waals surface area contributed by atoms with Gasteiger partial charge in [-0.2, -0.15) is 0 Å². The molecule has 0 aromatic heterocycles. The first-order valence-corrected chi connectivity index (χ1v) is 8.30. The van der Waals surface area contributed by atoms with Gasteiger partial charge in [-0.15, -0.1) is 0 Å². The van der Waals surface area contributed by atoms with Crippen LogP contribution in [-0.2, 0) is 0 Å². The first kappa shape index (κ1) is 18.5. The number of halogens is 3. The molecule has 0 amide bonds. The van der Waals surface area contributed by atoms with Crippen LogP contribution in [-0.4, -0.2) is 78.6 Å². The Hall–Kier alpha value is -0.800. The van der Waals surface area contributed by atoms with E-state index in [-0.39, 0.29) is 13.2 Å². The SMILES string of the molecule is OCCN1CCN(CC(O)COc2c(F)cc(Br)cc2F)CC1. The molecule has 0 saturated carbocycles. The van der Waals surface area contributed by atoms with Crippen molar-refractivity contribution in [2.45, 2.75) is 6.10 Å². The van der Waals surface area contributed by atoms with E-state index in [2.05, 4.69) is 25.7 Å². The third kappa shape index (κ3) is 5.65. The number of rotatable bonds is 7. The van der Waals surface area contributed by atoms with E-state index in [0.29, 0.717) is 17.6 Å². The van der Waals surface area contributed by atoms with Gasteiger partial charge >= 0.3 is 0 Å². The van der Waals surface area contributed by atoms with E-state index in [0.717, 1.165) is 38.3 Å². The molecule has 1 saturated heterocycles. The molecule has 23 heavy (non-hydrogen) atoms. The summed E-state index contributed by atoms with van der Waals surface area (Å²) in [6, 6.07) is 2.23. The van der Waals surface area contributed by atoms with Gasteiger partial charge in [0, 0.05) is 43.7 Å². The summed E-state index contributed by atoms with van der Waals surface area (Å²) in [6.07, 6.45) is -0.832. The average molecular weight is 395 g/mol. The van der Waals surface area contributed by atoms with Crippen LogP contribution in [0.1, 0.15) is 0 Å². The first-order valence-electron chi connectivity index (χ1n) is 7.50. The number of β-amino-alcohol motifs (C(OH)–C–C–N with tert-alkyl or cyclic N) is 2. The highest BCUT2D eigenvalue weighted by Gasteiger charge is 2.20. The van der Waals surface area contributed by atoms with Gasteiger partial charge in [-0.05, 0) is 12.1 Å². The van der Waals surface area contributed by atoms with E-state index in [1.807, 2.05) is 0 Å². The predicted molar refractivity (Wildman–Crippen MR) is 85.5 cm³/mol. The molecule has 5 nitrogen and oxygen atoms in total. The Kier molecular flexibility index (Phi) is 7.16. The highest BCUT2D eigenvalue weighted by Crippen LogP contribution is 2.26. The van der Waals surface area contributed by atoms with E-state index in [1.165, 1.54) is 0 Å². The van der Waals surface area contributed by atoms with Gasteiger partial charge in [0.2, 0.25) is 0 Å². The standard InChI is InChI=1S/C15H21BrF2N2O3/c16-11-7-13(17)15(14(18)8-11)23-10-12(22)9-20-3-1-19(2-4-20)5-6-21/h7-8,12,21-22H,1-6,9-10H2. The van der Waals surface area contributed by atoms with Crippen molar-refractivity contribution in [1.82, 2.24) is 9.80 Å². The van der Waals surface area contributed by atoms with Crippen LogP contribution in [0, 0.1) is 11.6 Å². The fourth-order valence-corrected chi connectivity index (χ4v) is 2.94. The number of aliphatic hydroxyl groups excluding tert-OH is 2. The molecule has 1 aromatic carbocycles. The van der Waals surface area contributed by atoms with Gasteiger partial charge in [-0.3, -0.25) is 9.80 Å². The van der Waals surface area contributed by atoms with Crippen molar-refractivity contribution >= 4 is 15.9 Å². The second kappa shape index (κ2) is 8.89. The molecule has 130 valence electrons. The second-order valence-electron chi connectivity index (χ2n) is 5.53. The fourth-order valence-electron chi connectivity index (χ4n) is 2.53. The molecule has 0 spiro atoms. The van der Waals surface area contributed by atoms with Crippen molar-refractivity contribution in [2.75, 3.05) is 52.5 Å². The lowest BCUT2D eigenvalue weighted by molar-refractivity contribution is 0.0411. The number of nitrogens with zero attached hydrogens (tertiary/aromatic N) is 2. The predicted octanol–water partition coefficient (Wildman–Crippen LogP) is 1.08. The number of ether oxygens (including phenoxy) is 1. The van der Waals surface area contributed by atoms with E-state index in [4.69, 9.17) is 9.84 Å². The minimum Gasteiger partial charge on any atom is -0.485 e. The lowest BCUT2D eigenvalue weighted by Crippen LogP contribution is -2.49. The third-order valence-corrected chi connectivity index (χ3v) is 4.19. The molecule has 0 radical (unpaired) electrons. The molecular formula is C15H21BrF2N2O3. The van der Waals surface area contributed by atoms with Crippen molar-refractivity contribution in [3.8, 4) is 5.75 Å².